The first kappa shape index (κ1) is 13.7. The van der Waals surface area contributed by atoms with Crippen molar-refractivity contribution in [3.8, 4) is 0 Å². The fourth-order valence-corrected chi connectivity index (χ4v) is 2.01. The molecule has 1 heterocycles. The highest BCUT2D eigenvalue weighted by Gasteiger charge is 2.14. The molecule has 0 aliphatic heterocycles. The molecular formula is C12H12BrFN4O. The number of carbonyl (C=O) groups excluding carboxylic acids is 1. The van der Waals surface area contributed by atoms with E-state index in [9.17, 15) is 9.18 Å². The summed E-state index contributed by atoms with van der Waals surface area (Å²) in [6.45, 7) is 1.81. The Kier molecular flexibility index (Phi) is 4.26. The van der Waals surface area contributed by atoms with Crippen LogP contribution in [0.15, 0.2) is 28.9 Å². The molecule has 2 rings (SSSR count). The van der Waals surface area contributed by atoms with Crippen molar-refractivity contribution < 1.29 is 9.18 Å². The Morgan fingerprint density at radius 1 is 1.58 bits per heavy atom. The number of halogens is 2. The summed E-state index contributed by atoms with van der Waals surface area (Å²) in [4.78, 5) is 11.7. The van der Waals surface area contributed by atoms with Crippen molar-refractivity contribution in [2.45, 2.75) is 19.4 Å². The van der Waals surface area contributed by atoms with Crippen LogP contribution < -0.4 is 5.32 Å². The van der Waals surface area contributed by atoms with Crippen LogP contribution in [0.2, 0.25) is 0 Å². The lowest BCUT2D eigenvalue weighted by atomic mass is 10.1. The standard InChI is InChI=1S/C12H12BrFN4O/c1-7(16-12(19)11-6-15-18-17-11)4-8-2-3-9(13)5-10(8)14/h2-3,5-7H,4H2,1H3,(H,16,19)(H,15,17,18)/t7-/m1/s1. The summed E-state index contributed by atoms with van der Waals surface area (Å²) in [6, 6.07) is 4.66. The zero-order valence-corrected chi connectivity index (χ0v) is 11.7. The summed E-state index contributed by atoms with van der Waals surface area (Å²) in [5.41, 5.74) is 0.763. The van der Waals surface area contributed by atoms with Gasteiger partial charge in [-0.05, 0) is 31.0 Å². The maximum atomic E-state index is 13.7. The van der Waals surface area contributed by atoms with Gasteiger partial charge in [-0.25, -0.2) is 4.39 Å². The van der Waals surface area contributed by atoms with Gasteiger partial charge in [0.15, 0.2) is 5.69 Å². The Bertz CT molecular complexity index is 573. The van der Waals surface area contributed by atoms with Crippen LogP contribution in [0.1, 0.15) is 23.0 Å². The monoisotopic (exact) mass is 326 g/mol. The molecule has 1 amide bonds. The van der Waals surface area contributed by atoms with Gasteiger partial charge in [-0.1, -0.05) is 22.0 Å². The van der Waals surface area contributed by atoms with Crippen molar-refractivity contribution in [1.82, 2.24) is 20.7 Å². The SMILES string of the molecule is C[C@H](Cc1ccc(Br)cc1F)NC(=O)c1cn[nH]n1. The highest BCUT2D eigenvalue weighted by atomic mass is 79.9. The number of aromatic amines is 1. The van der Waals surface area contributed by atoms with Crippen LogP contribution in [-0.2, 0) is 6.42 Å². The number of nitrogens with zero attached hydrogens (tertiary/aromatic N) is 2. The summed E-state index contributed by atoms with van der Waals surface area (Å²) in [6.07, 6.45) is 1.74. The Morgan fingerprint density at radius 3 is 3.00 bits per heavy atom. The average Bonchev–Trinajstić information content (AvgIpc) is 2.86. The molecule has 0 aliphatic carbocycles. The highest BCUT2D eigenvalue weighted by Crippen LogP contribution is 2.16. The zero-order chi connectivity index (χ0) is 13.8. The number of amides is 1. The minimum absolute atomic E-state index is 0.208. The number of H-pyrrole nitrogens is 1. The van der Waals surface area contributed by atoms with Crippen LogP contribution >= 0.6 is 15.9 Å². The molecule has 0 aliphatic rings. The van der Waals surface area contributed by atoms with E-state index in [2.05, 4.69) is 36.7 Å². The summed E-state index contributed by atoms with van der Waals surface area (Å²) >= 11 is 3.20. The van der Waals surface area contributed by atoms with Crippen LogP contribution in [0.5, 0.6) is 0 Å². The maximum Gasteiger partial charge on any atom is 0.273 e. The predicted octanol–water partition coefficient (Wildman–Crippen LogP) is 2.07. The minimum atomic E-state index is -0.334. The van der Waals surface area contributed by atoms with Gasteiger partial charge in [-0.15, -0.1) is 0 Å². The molecule has 0 saturated carbocycles. The summed E-state index contributed by atoms with van der Waals surface area (Å²) in [7, 11) is 0. The van der Waals surface area contributed by atoms with Crippen molar-refractivity contribution in [2.24, 2.45) is 0 Å². The van der Waals surface area contributed by atoms with Crippen molar-refractivity contribution in [3.05, 3.63) is 45.9 Å². The van der Waals surface area contributed by atoms with Crippen LogP contribution in [0.3, 0.4) is 0 Å². The molecule has 19 heavy (non-hydrogen) atoms. The second-order valence-corrected chi connectivity index (χ2v) is 5.09. The molecule has 0 fully saturated rings. The first-order valence-corrected chi connectivity index (χ1v) is 6.46. The number of hydrogen-bond acceptors (Lipinski definition) is 3. The lowest BCUT2D eigenvalue weighted by Crippen LogP contribution is -2.34. The molecule has 1 aromatic heterocycles. The van der Waals surface area contributed by atoms with Gasteiger partial charge in [-0.3, -0.25) is 4.79 Å². The molecule has 0 bridgehead atoms. The summed E-state index contributed by atoms with van der Waals surface area (Å²) in [5, 5.41) is 12.3. The Balaban J connectivity index is 1.97. The number of nitrogens with one attached hydrogen (secondary N) is 2. The normalized spacial score (nSPS) is 12.2. The second-order valence-electron chi connectivity index (χ2n) is 4.17. The topological polar surface area (TPSA) is 70.7 Å². The van der Waals surface area contributed by atoms with Crippen LogP contribution in [-0.4, -0.2) is 27.4 Å². The van der Waals surface area contributed by atoms with E-state index in [1.165, 1.54) is 12.3 Å². The third kappa shape index (κ3) is 3.60. The molecule has 0 radical (unpaired) electrons. The van der Waals surface area contributed by atoms with E-state index < -0.39 is 0 Å². The Morgan fingerprint density at radius 2 is 2.37 bits per heavy atom. The van der Waals surface area contributed by atoms with Crippen LogP contribution in [0.25, 0.3) is 0 Å². The van der Waals surface area contributed by atoms with E-state index in [1.54, 1.807) is 19.1 Å². The molecule has 100 valence electrons. The van der Waals surface area contributed by atoms with Gasteiger partial charge in [-0.2, -0.15) is 15.4 Å². The number of carbonyl (C=O) groups is 1. The molecule has 1 aromatic carbocycles. The maximum absolute atomic E-state index is 13.7. The predicted molar refractivity (Wildman–Crippen MR) is 71.1 cm³/mol. The van der Waals surface area contributed by atoms with Gasteiger partial charge in [0.2, 0.25) is 0 Å². The van der Waals surface area contributed by atoms with E-state index in [-0.39, 0.29) is 23.5 Å². The quantitative estimate of drug-likeness (QED) is 0.903. The van der Waals surface area contributed by atoms with Gasteiger partial charge >= 0.3 is 0 Å². The van der Waals surface area contributed by atoms with Crippen molar-refractivity contribution in [2.75, 3.05) is 0 Å². The molecule has 5 nitrogen and oxygen atoms in total. The second kappa shape index (κ2) is 5.92. The molecule has 0 spiro atoms. The van der Waals surface area contributed by atoms with E-state index in [0.29, 0.717) is 16.5 Å². The first-order valence-electron chi connectivity index (χ1n) is 5.67. The zero-order valence-electron chi connectivity index (χ0n) is 10.2. The average molecular weight is 327 g/mol. The van der Waals surface area contributed by atoms with Crippen molar-refractivity contribution in [3.63, 3.8) is 0 Å². The fraction of sp³-hybridized carbons (Fsp3) is 0.250. The molecule has 0 saturated heterocycles. The summed E-state index contributed by atoms with van der Waals surface area (Å²) < 4.78 is 14.3. The minimum Gasteiger partial charge on any atom is -0.348 e. The Hall–Kier alpha value is -1.76. The van der Waals surface area contributed by atoms with Crippen LogP contribution in [0.4, 0.5) is 4.39 Å². The summed E-state index contributed by atoms with van der Waals surface area (Å²) in [5.74, 6) is -0.629. The van der Waals surface area contributed by atoms with E-state index in [4.69, 9.17) is 0 Å². The molecule has 1 atom stereocenters. The molecule has 7 heteroatoms. The van der Waals surface area contributed by atoms with Gasteiger partial charge in [0.1, 0.15) is 5.82 Å². The van der Waals surface area contributed by atoms with Gasteiger partial charge in [0.05, 0.1) is 6.20 Å². The fourth-order valence-electron chi connectivity index (χ4n) is 1.68. The lowest BCUT2D eigenvalue weighted by molar-refractivity contribution is 0.0935. The molecule has 2 N–H and O–H groups in total. The molecule has 2 aromatic rings. The molecular weight excluding hydrogens is 315 g/mol. The largest absolute Gasteiger partial charge is 0.348 e. The van der Waals surface area contributed by atoms with E-state index in [0.717, 1.165) is 0 Å². The van der Waals surface area contributed by atoms with Gasteiger partial charge < -0.3 is 5.32 Å². The van der Waals surface area contributed by atoms with Gasteiger partial charge in [0, 0.05) is 10.5 Å². The van der Waals surface area contributed by atoms with E-state index in [1.807, 2.05) is 0 Å². The number of aromatic nitrogens is 3. The first-order chi connectivity index (χ1) is 9.06. The highest BCUT2D eigenvalue weighted by molar-refractivity contribution is 9.10. The number of hydrogen-bond donors (Lipinski definition) is 2. The van der Waals surface area contributed by atoms with Gasteiger partial charge in [0.25, 0.3) is 5.91 Å². The van der Waals surface area contributed by atoms with E-state index >= 15 is 0 Å². The van der Waals surface area contributed by atoms with Crippen molar-refractivity contribution in [1.29, 1.82) is 0 Å². The number of benzene rings is 1. The number of rotatable bonds is 4. The lowest BCUT2D eigenvalue weighted by Gasteiger charge is -2.13. The van der Waals surface area contributed by atoms with Crippen molar-refractivity contribution >= 4 is 21.8 Å². The Labute approximate surface area is 117 Å². The third-order valence-electron chi connectivity index (χ3n) is 2.57. The third-order valence-corrected chi connectivity index (χ3v) is 3.06. The smallest absolute Gasteiger partial charge is 0.273 e. The van der Waals surface area contributed by atoms with Crippen LogP contribution in [0, 0.1) is 5.82 Å². The molecule has 0 unspecified atom stereocenters.